The van der Waals surface area contributed by atoms with Crippen LogP contribution in [0.4, 0.5) is 10.1 Å². The summed E-state index contributed by atoms with van der Waals surface area (Å²) in [7, 11) is 2.15. The van der Waals surface area contributed by atoms with Crippen LogP contribution in [0.2, 0.25) is 0 Å². The second kappa shape index (κ2) is 6.05. The van der Waals surface area contributed by atoms with Crippen molar-refractivity contribution in [3.63, 3.8) is 0 Å². The average Bonchev–Trinajstić information content (AvgIpc) is 2.34. The van der Waals surface area contributed by atoms with Crippen LogP contribution in [0.25, 0.3) is 0 Å². The highest BCUT2D eigenvalue weighted by molar-refractivity contribution is 5.42. The van der Waals surface area contributed by atoms with Gasteiger partial charge in [-0.25, -0.2) is 4.39 Å². The molecule has 0 aromatic heterocycles. The lowest BCUT2D eigenvalue weighted by atomic mass is 10.0. The summed E-state index contributed by atoms with van der Waals surface area (Å²) in [6.07, 6.45) is 4.72. The van der Waals surface area contributed by atoms with Crippen LogP contribution in [0.5, 0.6) is 5.75 Å². The van der Waals surface area contributed by atoms with Crippen molar-refractivity contribution < 1.29 is 9.13 Å². The normalized spacial score (nSPS) is 20.9. The lowest BCUT2D eigenvalue weighted by Crippen LogP contribution is -2.37. The number of benzene rings is 1. The molecule has 1 saturated heterocycles. The minimum absolute atomic E-state index is 0.294. The standard InChI is InChI=1S/C14H21FN2O/c1-17-8-3-2-4-12(17)7-9-18-14-6-5-11(16)10-13(14)15/h5-6,10,12H,2-4,7-9,16H2,1H3. The molecule has 3 nitrogen and oxygen atoms in total. The molecule has 0 saturated carbocycles. The molecule has 18 heavy (non-hydrogen) atoms. The molecule has 1 unspecified atom stereocenters. The third-order valence-corrected chi connectivity index (χ3v) is 3.59. The first-order valence-corrected chi connectivity index (χ1v) is 6.55. The van der Waals surface area contributed by atoms with Gasteiger partial charge in [-0.1, -0.05) is 6.42 Å². The fourth-order valence-electron chi connectivity index (χ4n) is 2.45. The number of halogens is 1. The molecule has 1 aromatic rings. The van der Waals surface area contributed by atoms with Crippen molar-refractivity contribution in [2.24, 2.45) is 0 Å². The third-order valence-electron chi connectivity index (χ3n) is 3.59. The number of hydrogen-bond acceptors (Lipinski definition) is 3. The van der Waals surface area contributed by atoms with Gasteiger partial charge in [0.25, 0.3) is 0 Å². The molecule has 1 aromatic carbocycles. The number of nitrogens with two attached hydrogens (primary N) is 1. The van der Waals surface area contributed by atoms with Crippen molar-refractivity contribution >= 4 is 5.69 Å². The second-order valence-electron chi connectivity index (χ2n) is 4.96. The molecule has 1 aliphatic rings. The molecule has 0 radical (unpaired) electrons. The summed E-state index contributed by atoms with van der Waals surface area (Å²) in [5, 5.41) is 0. The molecule has 2 rings (SSSR count). The highest BCUT2D eigenvalue weighted by Crippen LogP contribution is 2.21. The summed E-state index contributed by atoms with van der Waals surface area (Å²) >= 11 is 0. The predicted molar refractivity (Wildman–Crippen MR) is 71.2 cm³/mol. The minimum atomic E-state index is -0.382. The summed E-state index contributed by atoms with van der Waals surface area (Å²) < 4.78 is 19.0. The quantitative estimate of drug-likeness (QED) is 0.837. The van der Waals surface area contributed by atoms with Gasteiger partial charge in [0.15, 0.2) is 11.6 Å². The maximum Gasteiger partial charge on any atom is 0.167 e. The molecule has 1 fully saturated rings. The first kappa shape index (κ1) is 13.1. The molecule has 1 atom stereocenters. The fourth-order valence-corrected chi connectivity index (χ4v) is 2.45. The van der Waals surface area contributed by atoms with Crippen molar-refractivity contribution in [2.45, 2.75) is 31.7 Å². The zero-order valence-electron chi connectivity index (χ0n) is 10.9. The smallest absolute Gasteiger partial charge is 0.167 e. The van der Waals surface area contributed by atoms with E-state index in [0.29, 0.717) is 24.1 Å². The van der Waals surface area contributed by atoms with Crippen LogP contribution in [0, 0.1) is 5.82 Å². The Morgan fingerprint density at radius 1 is 1.44 bits per heavy atom. The summed E-state index contributed by atoms with van der Waals surface area (Å²) in [5.41, 5.74) is 5.91. The second-order valence-corrected chi connectivity index (χ2v) is 4.96. The van der Waals surface area contributed by atoms with Crippen LogP contribution in [0.3, 0.4) is 0 Å². The fraction of sp³-hybridized carbons (Fsp3) is 0.571. The molecule has 100 valence electrons. The van der Waals surface area contributed by atoms with E-state index in [-0.39, 0.29) is 5.82 Å². The van der Waals surface area contributed by atoms with Crippen LogP contribution >= 0.6 is 0 Å². The van der Waals surface area contributed by atoms with E-state index in [2.05, 4.69) is 11.9 Å². The Morgan fingerprint density at radius 3 is 3.00 bits per heavy atom. The predicted octanol–water partition coefficient (Wildman–Crippen LogP) is 2.66. The Labute approximate surface area is 108 Å². The van der Waals surface area contributed by atoms with E-state index < -0.39 is 0 Å². The van der Waals surface area contributed by atoms with E-state index in [1.165, 1.54) is 25.3 Å². The number of hydrogen-bond donors (Lipinski definition) is 1. The van der Waals surface area contributed by atoms with E-state index >= 15 is 0 Å². The molecule has 0 aliphatic carbocycles. The van der Waals surface area contributed by atoms with Gasteiger partial charge in [0.05, 0.1) is 6.61 Å². The topological polar surface area (TPSA) is 38.5 Å². The molecule has 2 N–H and O–H groups in total. The van der Waals surface area contributed by atoms with Crippen LogP contribution in [-0.2, 0) is 0 Å². The average molecular weight is 252 g/mol. The number of nitrogens with zero attached hydrogens (tertiary/aromatic N) is 1. The number of ether oxygens (including phenoxy) is 1. The number of rotatable bonds is 4. The number of nitrogen functional groups attached to an aromatic ring is 1. The summed E-state index contributed by atoms with van der Waals surface area (Å²) in [6, 6.07) is 5.11. The monoisotopic (exact) mass is 252 g/mol. The molecule has 1 heterocycles. The van der Waals surface area contributed by atoms with E-state index in [9.17, 15) is 4.39 Å². The SMILES string of the molecule is CN1CCCCC1CCOc1ccc(N)cc1F. The van der Waals surface area contributed by atoms with Crippen molar-refractivity contribution in [1.82, 2.24) is 4.90 Å². The van der Waals surface area contributed by atoms with E-state index in [1.54, 1.807) is 12.1 Å². The maximum atomic E-state index is 13.5. The van der Waals surface area contributed by atoms with Gasteiger partial charge in [-0.05, 0) is 45.0 Å². The number of anilines is 1. The van der Waals surface area contributed by atoms with Crippen LogP contribution in [0.1, 0.15) is 25.7 Å². The number of piperidine rings is 1. The summed E-state index contributed by atoms with van der Waals surface area (Å²) in [4.78, 5) is 2.37. The molecule has 1 aliphatic heterocycles. The van der Waals surface area contributed by atoms with Crippen molar-refractivity contribution in [2.75, 3.05) is 25.9 Å². The van der Waals surface area contributed by atoms with Gasteiger partial charge >= 0.3 is 0 Å². The van der Waals surface area contributed by atoms with Gasteiger partial charge in [0, 0.05) is 17.8 Å². The van der Waals surface area contributed by atoms with Gasteiger partial charge in [0.1, 0.15) is 0 Å². The first-order valence-electron chi connectivity index (χ1n) is 6.55. The van der Waals surface area contributed by atoms with Crippen molar-refractivity contribution in [3.8, 4) is 5.75 Å². The first-order chi connectivity index (χ1) is 8.66. The van der Waals surface area contributed by atoms with E-state index in [4.69, 9.17) is 10.5 Å². The van der Waals surface area contributed by atoms with Gasteiger partial charge in [-0.2, -0.15) is 0 Å². The van der Waals surface area contributed by atoms with Gasteiger partial charge in [-0.3, -0.25) is 0 Å². The third kappa shape index (κ3) is 3.35. The largest absolute Gasteiger partial charge is 0.490 e. The lowest BCUT2D eigenvalue weighted by molar-refractivity contribution is 0.151. The lowest BCUT2D eigenvalue weighted by Gasteiger charge is -2.32. The van der Waals surface area contributed by atoms with Gasteiger partial charge in [-0.15, -0.1) is 0 Å². The molecule has 4 heteroatoms. The van der Waals surface area contributed by atoms with Gasteiger partial charge in [0.2, 0.25) is 0 Å². The molecule has 0 amide bonds. The molecule has 0 bridgehead atoms. The van der Waals surface area contributed by atoms with Crippen molar-refractivity contribution in [3.05, 3.63) is 24.0 Å². The van der Waals surface area contributed by atoms with Gasteiger partial charge < -0.3 is 15.4 Å². The Kier molecular flexibility index (Phi) is 4.42. The van der Waals surface area contributed by atoms with E-state index in [0.717, 1.165) is 13.0 Å². The highest BCUT2D eigenvalue weighted by atomic mass is 19.1. The Hall–Kier alpha value is -1.29. The molecular formula is C14H21FN2O. The zero-order valence-corrected chi connectivity index (χ0v) is 10.9. The van der Waals surface area contributed by atoms with E-state index in [1.807, 2.05) is 0 Å². The molecule has 0 spiro atoms. The van der Waals surface area contributed by atoms with Crippen molar-refractivity contribution in [1.29, 1.82) is 0 Å². The van der Waals surface area contributed by atoms with Crippen LogP contribution in [-0.4, -0.2) is 31.1 Å². The number of likely N-dealkylation sites (tertiary alicyclic amines) is 1. The summed E-state index contributed by atoms with van der Waals surface area (Å²) in [5.74, 6) is -0.0883. The summed E-state index contributed by atoms with van der Waals surface area (Å²) in [6.45, 7) is 1.71. The molecular weight excluding hydrogens is 231 g/mol. The minimum Gasteiger partial charge on any atom is -0.490 e. The van der Waals surface area contributed by atoms with Crippen LogP contribution < -0.4 is 10.5 Å². The zero-order chi connectivity index (χ0) is 13.0. The Balaban J connectivity index is 1.81. The Bertz CT molecular complexity index is 397. The Morgan fingerprint density at radius 2 is 2.28 bits per heavy atom. The maximum absolute atomic E-state index is 13.5. The van der Waals surface area contributed by atoms with Crippen LogP contribution in [0.15, 0.2) is 18.2 Å². The highest BCUT2D eigenvalue weighted by Gasteiger charge is 2.18.